The molecular formula is C15H20N2O3. The SMILES string of the molecule is Cc1cccc(NC(=O)N2CCCCC2CC(=O)O)c1. The van der Waals surface area contributed by atoms with E-state index < -0.39 is 5.97 Å². The molecule has 0 aliphatic carbocycles. The predicted molar refractivity (Wildman–Crippen MR) is 76.8 cm³/mol. The number of carbonyl (C=O) groups is 2. The lowest BCUT2D eigenvalue weighted by Crippen LogP contribution is -2.46. The minimum atomic E-state index is -0.856. The van der Waals surface area contributed by atoms with Gasteiger partial charge in [0.2, 0.25) is 0 Å². The molecule has 1 unspecified atom stereocenters. The van der Waals surface area contributed by atoms with Gasteiger partial charge in [-0.15, -0.1) is 0 Å². The van der Waals surface area contributed by atoms with Crippen molar-refractivity contribution >= 4 is 17.7 Å². The first-order chi connectivity index (χ1) is 9.56. The molecule has 1 aliphatic heterocycles. The molecule has 2 N–H and O–H groups in total. The summed E-state index contributed by atoms with van der Waals surface area (Å²) in [5, 5.41) is 11.8. The molecule has 1 aliphatic rings. The minimum Gasteiger partial charge on any atom is -0.481 e. The molecule has 108 valence electrons. The van der Waals surface area contributed by atoms with E-state index >= 15 is 0 Å². The summed E-state index contributed by atoms with van der Waals surface area (Å²) in [4.78, 5) is 24.8. The Labute approximate surface area is 118 Å². The van der Waals surface area contributed by atoms with Crippen molar-refractivity contribution in [1.29, 1.82) is 0 Å². The summed E-state index contributed by atoms with van der Waals surface area (Å²) in [6, 6.07) is 7.17. The number of hydrogen-bond donors (Lipinski definition) is 2. The van der Waals surface area contributed by atoms with Crippen molar-refractivity contribution in [2.75, 3.05) is 11.9 Å². The summed E-state index contributed by atoms with van der Waals surface area (Å²) < 4.78 is 0. The van der Waals surface area contributed by atoms with E-state index in [1.165, 1.54) is 0 Å². The largest absolute Gasteiger partial charge is 0.481 e. The van der Waals surface area contributed by atoms with E-state index in [1.54, 1.807) is 4.90 Å². The number of nitrogens with zero attached hydrogens (tertiary/aromatic N) is 1. The van der Waals surface area contributed by atoms with E-state index in [0.29, 0.717) is 6.54 Å². The monoisotopic (exact) mass is 276 g/mol. The Morgan fingerprint density at radius 3 is 2.90 bits per heavy atom. The van der Waals surface area contributed by atoms with Gasteiger partial charge in [-0.25, -0.2) is 4.79 Å². The second-order valence-corrected chi connectivity index (χ2v) is 5.24. The standard InChI is InChI=1S/C15H20N2O3/c1-11-5-4-6-12(9-11)16-15(20)17-8-3-2-7-13(17)10-14(18)19/h4-6,9,13H,2-3,7-8,10H2,1H3,(H,16,20)(H,18,19). The van der Waals surface area contributed by atoms with Crippen LogP contribution in [0.5, 0.6) is 0 Å². The summed E-state index contributed by atoms with van der Waals surface area (Å²) >= 11 is 0. The zero-order chi connectivity index (χ0) is 14.5. The van der Waals surface area contributed by atoms with E-state index in [4.69, 9.17) is 5.11 Å². The van der Waals surface area contributed by atoms with E-state index in [1.807, 2.05) is 31.2 Å². The number of aryl methyl sites for hydroxylation is 1. The van der Waals surface area contributed by atoms with Gasteiger partial charge in [0.25, 0.3) is 0 Å². The fourth-order valence-corrected chi connectivity index (χ4v) is 2.60. The Morgan fingerprint density at radius 1 is 1.40 bits per heavy atom. The highest BCUT2D eigenvalue weighted by Crippen LogP contribution is 2.21. The normalized spacial score (nSPS) is 18.6. The fourth-order valence-electron chi connectivity index (χ4n) is 2.60. The number of carboxylic acids is 1. The van der Waals surface area contributed by atoms with Crippen LogP contribution < -0.4 is 5.32 Å². The van der Waals surface area contributed by atoms with Crippen molar-refractivity contribution in [3.63, 3.8) is 0 Å². The Balaban J connectivity index is 2.04. The highest BCUT2D eigenvalue weighted by molar-refractivity contribution is 5.90. The molecule has 0 radical (unpaired) electrons. The molecule has 20 heavy (non-hydrogen) atoms. The number of likely N-dealkylation sites (tertiary alicyclic amines) is 1. The Kier molecular flexibility index (Phi) is 4.61. The lowest BCUT2D eigenvalue weighted by atomic mass is 10.00. The molecule has 1 saturated heterocycles. The summed E-state index contributed by atoms with van der Waals surface area (Å²) in [6.07, 6.45) is 2.68. The van der Waals surface area contributed by atoms with Gasteiger partial charge < -0.3 is 15.3 Å². The lowest BCUT2D eigenvalue weighted by Gasteiger charge is -2.34. The number of amides is 2. The first-order valence-corrected chi connectivity index (χ1v) is 6.92. The highest BCUT2D eigenvalue weighted by atomic mass is 16.4. The number of benzene rings is 1. The number of piperidine rings is 1. The van der Waals surface area contributed by atoms with Crippen LogP contribution in [-0.2, 0) is 4.79 Å². The van der Waals surface area contributed by atoms with Gasteiger partial charge in [0, 0.05) is 18.3 Å². The molecule has 0 aromatic heterocycles. The molecule has 5 heteroatoms. The van der Waals surface area contributed by atoms with Gasteiger partial charge in [0.15, 0.2) is 0 Å². The van der Waals surface area contributed by atoms with Gasteiger partial charge in [0.05, 0.1) is 6.42 Å². The van der Waals surface area contributed by atoms with Crippen molar-refractivity contribution in [2.45, 2.75) is 38.6 Å². The Hall–Kier alpha value is -2.04. The van der Waals surface area contributed by atoms with Gasteiger partial charge in [-0.3, -0.25) is 4.79 Å². The number of carbonyl (C=O) groups excluding carboxylic acids is 1. The first-order valence-electron chi connectivity index (χ1n) is 6.92. The van der Waals surface area contributed by atoms with Crippen molar-refractivity contribution in [2.24, 2.45) is 0 Å². The zero-order valence-corrected chi connectivity index (χ0v) is 11.6. The fraction of sp³-hybridized carbons (Fsp3) is 0.467. The Bertz CT molecular complexity index is 502. The van der Waals surface area contributed by atoms with E-state index in [0.717, 1.165) is 30.5 Å². The molecule has 1 aromatic rings. The second kappa shape index (κ2) is 6.41. The lowest BCUT2D eigenvalue weighted by molar-refractivity contribution is -0.138. The van der Waals surface area contributed by atoms with Crippen LogP contribution in [0.4, 0.5) is 10.5 Å². The highest BCUT2D eigenvalue weighted by Gasteiger charge is 2.28. The van der Waals surface area contributed by atoms with Crippen LogP contribution in [0.2, 0.25) is 0 Å². The molecule has 5 nitrogen and oxygen atoms in total. The Morgan fingerprint density at radius 2 is 2.20 bits per heavy atom. The number of carboxylic acid groups (broad SMARTS) is 1. The van der Waals surface area contributed by atoms with Crippen LogP contribution in [0.3, 0.4) is 0 Å². The van der Waals surface area contributed by atoms with E-state index in [9.17, 15) is 9.59 Å². The number of aliphatic carboxylic acids is 1. The van der Waals surface area contributed by atoms with E-state index in [-0.39, 0.29) is 18.5 Å². The molecular weight excluding hydrogens is 256 g/mol. The average Bonchev–Trinajstić information content (AvgIpc) is 2.38. The van der Waals surface area contributed by atoms with Gasteiger partial charge in [-0.05, 0) is 43.9 Å². The van der Waals surface area contributed by atoms with Crippen LogP contribution in [0.25, 0.3) is 0 Å². The van der Waals surface area contributed by atoms with Gasteiger partial charge in [-0.2, -0.15) is 0 Å². The number of nitrogens with one attached hydrogen (secondary N) is 1. The quantitative estimate of drug-likeness (QED) is 0.891. The number of rotatable bonds is 3. The predicted octanol–water partition coefficient (Wildman–Crippen LogP) is 2.86. The number of urea groups is 1. The van der Waals surface area contributed by atoms with Crippen molar-refractivity contribution in [3.05, 3.63) is 29.8 Å². The molecule has 2 rings (SSSR count). The van der Waals surface area contributed by atoms with Crippen LogP contribution in [-0.4, -0.2) is 34.6 Å². The molecule has 0 bridgehead atoms. The van der Waals surface area contributed by atoms with Gasteiger partial charge >= 0.3 is 12.0 Å². The number of anilines is 1. The maximum absolute atomic E-state index is 12.3. The maximum Gasteiger partial charge on any atom is 0.322 e. The maximum atomic E-state index is 12.3. The minimum absolute atomic E-state index is 0.0151. The van der Waals surface area contributed by atoms with Crippen LogP contribution in [0, 0.1) is 6.92 Å². The smallest absolute Gasteiger partial charge is 0.322 e. The van der Waals surface area contributed by atoms with Gasteiger partial charge in [0.1, 0.15) is 0 Å². The van der Waals surface area contributed by atoms with E-state index in [2.05, 4.69) is 5.32 Å². The molecule has 0 spiro atoms. The molecule has 1 fully saturated rings. The third kappa shape index (κ3) is 3.73. The summed E-state index contributed by atoms with van der Waals surface area (Å²) in [5.41, 5.74) is 1.82. The first kappa shape index (κ1) is 14.4. The third-order valence-electron chi connectivity index (χ3n) is 3.57. The van der Waals surface area contributed by atoms with Crippen molar-refractivity contribution in [1.82, 2.24) is 4.90 Å². The summed E-state index contributed by atoms with van der Waals surface area (Å²) in [6.45, 7) is 2.58. The topological polar surface area (TPSA) is 69.6 Å². The van der Waals surface area contributed by atoms with Crippen LogP contribution >= 0.6 is 0 Å². The molecule has 2 amide bonds. The number of hydrogen-bond acceptors (Lipinski definition) is 2. The van der Waals surface area contributed by atoms with Crippen LogP contribution in [0.1, 0.15) is 31.2 Å². The molecule has 1 atom stereocenters. The summed E-state index contributed by atoms with van der Waals surface area (Å²) in [5.74, 6) is -0.856. The summed E-state index contributed by atoms with van der Waals surface area (Å²) in [7, 11) is 0. The molecule has 0 saturated carbocycles. The van der Waals surface area contributed by atoms with Crippen molar-refractivity contribution < 1.29 is 14.7 Å². The average molecular weight is 276 g/mol. The third-order valence-corrected chi connectivity index (χ3v) is 3.57. The molecule has 1 heterocycles. The molecule has 1 aromatic carbocycles. The van der Waals surface area contributed by atoms with Crippen LogP contribution in [0.15, 0.2) is 24.3 Å². The van der Waals surface area contributed by atoms with Crippen molar-refractivity contribution in [3.8, 4) is 0 Å². The zero-order valence-electron chi connectivity index (χ0n) is 11.6. The van der Waals surface area contributed by atoms with Gasteiger partial charge in [-0.1, -0.05) is 12.1 Å². The second-order valence-electron chi connectivity index (χ2n) is 5.24.